The number of nitrogens with zero attached hydrogens (tertiary/aromatic N) is 5. The first-order valence-electron chi connectivity index (χ1n) is 11.2. The lowest BCUT2D eigenvalue weighted by molar-refractivity contribution is 0.0360. The van der Waals surface area contributed by atoms with E-state index in [0.29, 0.717) is 37.0 Å². The Morgan fingerprint density at radius 3 is 2.78 bits per heavy atom. The summed E-state index contributed by atoms with van der Waals surface area (Å²) in [6, 6.07) is 11.4. The predicted octanol–water partition coefficient (Wildman–Crippen LogP) is 3.14. The van der Waals surface area contributed by atoms with Crippen molar-refractivity contribution in [2.75, 3.05) is 24.6 Å². The molecule has 1 aliphatic carbocycles. The summed E-state index contributed by atoms with van der Waals surface area (Å²) in [5.41, 5.74) is 2.08. The zero-order chi connectivity index (χ0) is 21.9. The van der Waals surface area contributed by atoms with Crippen LogP contribution in [-0.2, 0) is 11.8 Å². The van der Waals surface area contributed by atoms with E-state index in [4.69, 9.17) is 14.5 Å². The zero-order valence-electron chi connectivity index (χ0n) is 18.2. The van der Waals surface area contributed by atoms with Crippen molar-refractivity contribution in [3.8, 4) is 17.1 Å². The van der Waals surface area contributed by atoms with Crippen molar-refractivity contribution in [2.24, 2.45) is 7.05 Å². The molecule has 1 saturated carbocycles. The maximum absolute atomic E-state index is 12.7. The molecule has 32 heavy (non-hydrogen) atoms. The summed E-state index contributed by atoms with van der Waals surface area (Å²) < 4.78 is 14.1. The molecule has 1 atom stereocenters. The van der Waals surface area contributed by atoms with E-state index in [1.165, 1.54) is 25.2 Å². The average molecular weight is 434 g/mol. The van der Waals surface area contributed by atoms with Gasteiger partial charge in [0.05, 0.1) is 30.6 Å². The van der Waals surface area contributed by atoms with Gasteiger partial charge in [-0.1, -0.05) is 18.2 Å². The molecule has 3 aromatic rings. The fourth-order valence-electron chi connectivity index (χ4n) is 4.44. The second-order valence-electron chi connectivity index (χ2n) is 8.30. The van der Waals surface area contributed by atoms with E-state index >= 15 is 0 Å². The number of aromatic nitrogens is 4. The third-order valence-electron chi connectivity index (χ3n) is 6.17. The molecule has 1 aliphatic heterocycles. The lowest BCUT2D eigenvalue weighted by Gasteiger charge is -2.35. The van der Waals surface area contributed by atoms with Crippen molar-refractivity contribution in [3.63, 3.8) is 0 Å². The number of morpholine rings is 1. The normalized spacial score (nSPS) is 19.3. The summed E-state index contributed by atoms with van der Waals surface area (Å²) in [5, 5.41) is 0. The van der Waals surface area contributed by atoms with Crippen LogP contribution in [0, 0.1) is 0 Å². The van der Waals surface area contributed by atoms with Gasteiger partial charge >= 0.3 is 0 Å². The van der Waals surface area contributed by atoms with Gasteiger partial charge in [-0.3, -0.25) is 9.36 Å². The minimum Gasteiger partial charge on any atom is -0.490 e. The predicted molar refractivity (Wildman–Crippen MR) is 121 cm³/mol. The molecule has 1 aromatic carbocycles. The second kappa shape index (κ2) is 9.08. The third-order valence-corrected chi connectivity index (χ3v) is 6.17. The van der Waals surface area contributed by atoms with Crippen molar-refractivity contribution >= 4 is 5.95 Å². The SMILES string of the molecule is Cn1c(N2CCOC(c3ccccc3OC3CCCC3)C2)nc(-c2ccncn2)cc1=O. The highest BCUT2D eigenvalue weighted by Gasteiger charge is 2.28. The van der Waals surface area contributed by atoms with E-state index in [2.05, 4.69) is 20.9 Å². The minimum atomic E-state index is -0.166. The molecule has 3 heterocycles. The van der Waals surface area contributed by atoms with E-state index < -0.39 is 0 Å². The van der Waals surface area contributed by atoms with Gasteiger partial charge in [0.15, 0.2) is 0 Å². The summed E-state index contributed by atoms with van der Waals surface area (Å²) in [6.07, 6.45) is 7.88. The van der Waals surface area contributed by atoms with Gasteiger partial charge in [-0.2, -0.15) is 0 Å². The Bertz CT molecular complexity index is 1130. The number of ether oxygens (including phenoxy) is 2. The fraction of sp³-hybridized carbons (Fsp3) is 0.417. The Morgan fingerprint density at radius 2 is 1.97 bits per heavy atom. The van der Waals surface area contributed by atoms with Gasteiger partial charge in [0.25, 0.3) is 5.56 Å². The Morgan fingerprint density at radius 1 is 1.12 bits per heavy atom. The summed E-state index contributed by atoms with van der Waals surface area (Å²) in [4.78, 5) is 27.8. The number of hydrogen-bond acceptors (Lipinski definition) is 7. The van der Waals surface area contributed by atoms with Crippen LogP contribution in [0.3, 0.4) is 0 Å². The number of para-hydroxylation sites is 1. The van der Waals surface area contributed by atoms with Crippen molar-refractivity contribution < 1.29 is 9.47 Å². The molecule has 2 fully saturated rings. The third kappa shape index (κ3) is 4.23. The molecular weight excluding hydrogens is 406 g/mol. The van der Waals surface area contributed by atoms with Crippen LogP contribution in [0.4, 0.5) is 5.95 Å². The van der Waals surface area contributed by atoms with Crippen molar-refractivity contribution in [1.82, 2.24) is 19.5 Å². The minimum absolute atomic E-state index is 0.128. The van der Waals surface area contributed by atoms with Crippen molar-refractivity contribution in [2.45, 2.75) is 37.9 Å². The Hall–Kier alpha value is -3.26. The lowest BCUT2D eigenvalue weighted by atomic mass is 10.1. The number of anilines is 1. The Balaban J connectivity index is 1.43. The van der Waals surface area contributed by atoms with Gasteiger partial charge in [0.1, 0.15) is 18.2 Å². The molecule has 0 amide bonds. The molecule has 2 aliphatic rings. The standard InChI is InChI=1S/C24H27N5O3/c1-28-23(30)14-20(19-10-11-25-16-26-19)27-24(28)29-12-13-31-22(15-29)18-8-4-5-9-21(18)32-17-6-2-3-7-17/h4-5,8-11,14,16-17,22H,2-3,6-7,12-13,15H2,1H3. The first-order chi connectivity index (χ1) is 15.7. The number of rotatable bonds is 5. The van der Waals surface area contributed by atoms with Crippen molar-refractivity contribution in [3.05, 3.63) is 64.8 Å². The van der Waals surface area contributed by atoms with Gasteiger partial charge in [-0.15, -0.1) is 0 Å². The maximum atomic E-state index is 12.7. The van der Waals surface area contributed by atoms with Gasteiger partial charge in [0.2, 0.25) is 5.95 Å². The maximum Gasteiger partial charge on any atom is 0.255 e. The molecule has 0 radical (unpaired) electrons. The topological polar surface area (TPSA) is 82.4 Å². The van der Waals surface area contributed by atoms with Crippen LogP contribution >= 0.6 is 0 Å². The largest absolute Gasteiger partial charge is 0.490 e. The highest BCUT2D eigenvalue weighted by atomic mass is 16.5. The van der Waals surface area contributed by atoms with Crippen LogP contribution in [-0.4, -0.2) is 45.3 Å². The molecule has 2 aromatic heterocycles. The number of hydrogen-bond donors (Lipinski definition) is 0. The van der Waals surface area contributed by atoms with Gasteiger partial charge in [-0.05, 0) is 37.8 Å². The molecule has 0 N–H and O–H groups in total. The Labute approximate surface area is 186 Å². The monoisotopic (exact) mass is 433 g/mol. The van der Waals surface area contributed by atoms with E-state index in [9.17, 15) is 4.79 Å². The van der Waals surface area contributed by atoms with Crippen LogP contribution < -0.4 is 15.2 Å². The molecule has 8 nitrogen and oxygen atoms in total. The second-order valence-corrected chi connectivity index (χ2v) is 8.30. The molecular formula is C24H27N5O3. The summed E-state index contributed by atoms with van der Waals surface area (Å²) in [7, 11) is 1.75. The molecule has 1 unspecified atom stereocenters. The van der Waals surface area contributed by atoms with Crippen LogP contribution in [0.5, 0.6) is 5.75 Å². The first-order valence-corrected chi connectivity index (χ1v) is 11.2. The van der Waals surface area contributed by atoms with Crippen LogP contribution in [0.2, 0.25) is 0 Å². The summed E-state index contributed by atoms with van der Waals surface area (Å²) >= 11 is 0. The lowest BCUT2D eigenvalue weighted by Crippen LogP contribution is -2.41. The molecule has 1 saturated heterocycles. The highest BCUT2D eigenvalue weighted by Crippen LogP contribution is 2.34. The fourth-order valence-corrected chi connectivity index (χ4v) is 4.44. The van der Waals surface area contributed by atoms with Crippen molar-refractivity contribution in [1.29, 1.82) is 0 Å². The van der Waals surface area contributed by atoms with Crippen LogP contribution in [0.15, 0.2) is 53.7 Å². The average Bonchev–Trinajstić information content (AvgIpc) is 3.35. The molecule has 8 heteroatoms. The quantitative estimate of drug-likeness (QED) is 0.611. The van der Waals surface area contributed by atoms with E-state index in [1.54, 1.807) is 23.9 Å². The smallest absolute Gasteiger partial charge is 0.255 e. The van der Waals surface area contributed by atoms with Crippen LogP contribution in [0.1, 0.15) is 37.4 Å². The molecule has 0 spiro atoms. The van der Waals surface area contributed by atoms with Crippen LogP contribution in [0.25, 0.3) is 11.4 Å². The summed E-state index contributed by atoms with van der Waals surface area (Å²) in [5.74, 6) is 1.50. The number of benzene rings is 1. The summed E-state index contributed by atoms with van der Waals surface area (Å²) in [6.45, 7) is 1.77. The van der Waals surface area contributed by atoms with E-state index in [0.717, 1.165) is 24.2 Å². The Kier molecular flexibility index (Phi) is 5.85. The van der Waals surface area contributed by atoms with Gasteiger partial charge < -0.3 is 14.4 Å². The molecule has 5 rings (SSSR count). The zero-order valence-corrected chi connectivity index (χ0v) is 18.2. The molecule has 166 valence electrons. The van der Waals surface area contributed by atoms with E-state index in [1.807, 2.05) is 18.2 Å². The highest BCUT2D eigenvalue weighted by molar-refractivity contribution is 5.55. The van der Waals surface area contributed by atoms with E-state index in [-0.39, 0.29) is 17.8 Å². The molecule has 0 bridgehead atoms. The van der Waals surface area contributed by atoms with Gasteiger partial charge in [-0.25, -0.2) is 15.0 Å². The van der Waals surface area contributed by atoms with Gasteiger partial charge in [0, 0.05) is 31.4 Å². The first kappa shape index (κ1) is 20.6.